The number of methoxy groups -OCH3 is 1. The van der Waals surface area contributed by atoms with Gasteiger partial charge >= 0.3 is 12.1 Å². The van der Waals surface area contributed by atoms with E-state index < -0.39 is 12.3 Å². The summed E-state index contributed by atoms with van der Waals surface area (Å²) in [4.78, 5) is 24.2. The molecule has 0 fully saturated rings. The molecule has 1 aliphatic heterocycles. The van der Waals surface area contributed by atoms with Gasteiger partial charge in [-0.2, -0.15) is 0 Å². The van der Waals surface area contributed by atoms with Crippen molar-refractivity contribution in [3.8, 4) is 0 Å². The first-order valence-corrected chi connectivity index (χ1v) is 11.2. The first-order chi connectivity index (χ1) is 14.4. The zero-order chi connectivity index (χ0) is 22.5. The number of ether oxygens (including phenoxy) is 4. The number of allylic oxidation sites excluding steroid dienone is 2. The molecule has 0 spiro atoms. The highest BCUT2D eigenvalue weighted by Crippen LogP contribution is 2.31. The van der Waals surface area contributed by atoms with Gasteiger partial charge in [-0.1, -0.05) is 52.3 Å². The van der Waals surface area contributed by atoms with E-state index in [1.807, 2.05) is 32.9 Å². The molecule has 1 heterocycles. The van der Waals surface area contributed by atoms with Crippen LogP contribution in [0.2, 0.25) is 0 Å². The Morgan fingerprint density at radius 1 is 1.30 bits per heavy atom. The summed E-state index contributed by atoms with van der Waals surface area (Å²) in [5.74, 6) is -0.125. The average Bonchev–Trinajstić information content (AvgIpc) is 2.72. The Morgan fingerprint density at radius 3 is 2.63 bits per heavy atom. The predicted octanol–water partition coefficient (Wildman–Crippen LogP) is 5.46. The Kier molecular flexibility index (Phi) is 12.4. The van der Waals surface area contributed by atoms with Crippen molar-refractivity contribution in [2.45, 2.75) is 85.0 Å². The maximum Gasteiger partial charge on any atom is 0.508 e. The number of carbonyl (C=O) groups excluding carboxylic acids is 2. The fourth-order valence-electron chi connectivity index (χ4n) is 3.94. The molecule has 0 aromatic heterocycles. The van der Waals surface area contributed by atoms with E-state index in [1.54, 1.807) is 7.11 Å². The number of cyclic esters (lactones) is 1. The van der Waals surface area contributed by atoms with Gasteiger partial charge in [-0.15, -0.1) is 0 Å². The molecule has 0 aliphatic carbocycles. The highest BCUT2D eigenvalue weighted by molar-refractivity contribution is 5.83. The lowest BCUT2D eigenvalue weighted by atomic mass is 9.83. The highest BCUT2D eigenvalue weighted by atomic mass is 16.7. The van der Waals surface area contributed by atoms with E-state index in [1.165, 1.54) is 6.08 Å². The van der Waals surface area contributed by atoms with E-state index in [2.05, 4.69) is 19.9 Å². The Labute approximate surface area is 182 Å². The SMILES string of the molecule is C/C=C/C[C@H](C)[C@@H](OC)[C@@H](C)[C@@H](C[C@H]1OC(=O)C=C[C@H]1CC)OC(=O)OCCCC. The number of hydrogen-bond donors (Lipinski definition) is 0. The van der Waals surface area contributed by atoms with Crippen LogP contribution in [0.25, 0.3) is 0 Å². The van der Waals surface area contributed by atoms with Crippen molar-refractivity contribution in [2.24, 2.45) is 17.8 Å². The summed E-state index contributed by atoms with van der Waals surface area (Å²) in [6.45, 7) is 10.6. The maximum absolute atomic E-state index is 12.3. The molecule has 6 heteroatoms. The Morgan fingerprint density at radius 2 is 2.03 bits per heavy atom. The van der Waals surface area contributed by atoms with Crippen LogP contribution in [0, 0.1) is 17.8 Å². The van der Waals surface area contributed by atoms with Gasteiger partial charge in [0.2, 0.25) is 0 Å². The van der Waals surface area contributed by atoms with E-state index in [4.69, 9.17) is 18.9 Å². The summed E-state index contributed by atoms with van der Waals surface area (Å²) in [6.07, 6.45) is 9.70. The van der Waals surface area contributed by atoms with Gasteiger partial charge in [-0.05, 0) is 32.1 Å². The number of hydrogen-bond acceptors (Lipinski definition) is 6. The summed E-state index contributed by atoms with van der Waals surface area (Å²) < 4.78 is 22.4. The second-order valence-corrected chi connectivity index (χ2v) is 8.09. The van der Waals surface area contributed by atoms with Crippen molar-refractivity contribution in [1.82, 2.24) is 0 Å². The molecule has 0 radical (unpaired) electrons. The number of esters is 1. The molecule has 30 heavy (non-hydrogen) atoms. The average molecular weight is 425 g/mol. The standard InChI is InChI=1S/C24H40O6/c1-7-10-12-17(4)23(27-6)18(5)20(30-24(26)28-15-11-8-2)16-21-19(9-3)13-14-22(25)29-21/h7,10,13-14,17-21,23H,8-9,11-12,15-16H2,1-6H3/b10-7+/t17-,18-,19+,20+,21+,23+/m0/s1. The van der Waals surface area contributed by atoms with Gasteiger partial charge in [-0.3, -0.25) is 0 Å². The summed E-state index contributed by atoms with van der Waals surface area (Å²) >= 11 is 0. The molecule has 0 aromatic rings. The maximum atomic E-state index is 12.3. The van der Waals surface area contributed by atoms with E-state index in [0.717, 1.165) is 25.7 Å². The third kappa shape index (κ3) is 8.50. The lowest BCUT2D eigenvalue weighted by Crippen LogP contribution is -2.42. The van der Waals surface area contributed by atoms with Gasteiger partial charge < -0.3 is 18.9 Å². The molecule has 0 saturated carbocycles. The minimum atomic E-state index is -0.679. The molecule has 1 rings (SSSR count). The second kappa shape index (κ2) is 14.2. The molecule has 0 saturated heterocycles. The Bertz CT molecular complexity index is 570. The predicted molar refractivity (Wildman–Crippen MR) is 117 cm³/mol. The van der Waals surface area contributed by atoms with Crippen LogP contribution in [0.4, 0.5) is 4.79 Å². The molecule has 6 atom stereocenters. The topological polar surface area (TPSA) is 71.1 Å². The molecular weight excluding hydrogens is 384 g/mol. The van der Waals surface area contributed by atoms with Gasteiger partial charge in [0, 0.05) is 31.4 Å². The van der Waals surface area contributed by atoms with E-state index >= 15 is 0 Å². The summed E-state index contributed by atoms with van der Waals surface area (Å²) in [5.41, 5.74) is 0. The van der Waals surface area contributed by atoms with Crippen molar-refractivity contribution in [2.75, 3.05) is 13.7 Å². The van der Waals surface area contributed by atoms with Crippen molar-refractivity contribution in [3.63, 3.8) is 0 Å². The van der Waals surface area contributed by atoms with Crippen LogP contribution in [0.3, 0.4) is 0 Å². The number of unbranched alkanes of at least 4 members (excludes halogenated alkanes) is 1. The largest absolute Gasteiger partial charge is 0.508 e. The molecule has 6 nitrogen and oxygen atoms in total. The Hall–Kier alpha value is -1.82. The van der Waals surface area contributed by atoms with Crippen LogP contribution in [0.15, 0.2) is 24.3 Å². The Balaban J connectivity index is 2.98. The quantitative estimate of drug-likeness (QED) is 0.222. The van der Waals surface area contributed by atoms with Gasteiger partial charge in [0.25, 0.3) is 0 Å². The van der Waals surface area contributed by atoms with E-state index in [-0.39, 0.29) is 35.9 Å². The fraction of sp³-hybridized carbons (Fsp3) is 0.750. The lowest BCUT2D eigenvalue weighted by molar-refractivity contribution is -0.150. The van der Waals surface area contributed by atoms with Crippen molar-refractivity contribution in [3.05, 3.63) is 24.3 Å². The number of carbonyl (C=O) groups is 2. The van der Waals surface area contributed by atoms with Crippen molar-refractivity contribution in [1.29, 1.82) is 0 Å². The summed E-state index contributed by atoms with van der Waals surface area (Å²) in [7, 11) is 1.68. The van der Waals surface area contributed by atoms with Crippen molar-refractivity contribution >= 4 is 12.1 Å². The van der Waals surface area contributed by atoms with Crippen LogP contribution < -0.4 is 0 Å². The molecule has 0 unspecified atom stereocenters. The smallest absolute Gasteiger partial charge is 0.458 e. The normalized spacial score (nSPS) is 22.9. The number of rotatable bonds is 13. The molecular formula is C24H40O6. The zero-order valence-electron chi connectivity index (χ0n) is 19.5. The zero-order valence-corrected chi connectivity index (χ0v) is 19.5. The third-order valence-electron chi connectivity index (χ3n) is 5.81. The van der Waals surface area contributed by atoms with Crippen LogP contribution >= 0.6 is 0 Å². The first kappa shape index (κ1) is 26.2. The lowest BCUT2D eigenvalue weighted by Gasteiger charge is -2.36. The first-order valence-electron chi connectivity index (χ1n) is 11.2. The van der Waals surface area contributed by atoms with E-state index in [9.17, 15) is 9.59 Å². The van der Waals surface area contributed by atoms with Crippen molar-refractivity contribution < 1.29 is 28.5 Å². The molecule has 1 aliphatic rings. The molecule has 0 amide bonds. The summed E-state index contributed by atoms with van der Waals surface area (Å²) in [6, 6.07) is 0. The molecule has 0 bridgehead atoms. The molecule has 0 N–H and O–H groups in total. The van der Waals surface area contributed by atoms with Gasteiger partial charge in [0.1, 0.15) is 12.2 Å². The monoisotopic (exact) mass is 424 g/mol. The van der Waals surface area contributed by atoms with E-state index in [0.29, 0.717) is 13.0 Å². The second-order valence-electron chi connectivity index (χ2n) is 8.09. The third-order valence-corrected chi connectivity index (χ3v) is 5.81. The minimum Gasteiger partial charge on any atom is -0.458 e. The van der Waals surface area contributed by atoms with Crippen LogP contribution in [0.5, 0.6) is 0 Å². The van der Waals surface area contributed by atoms with Gasteiger partial charge in [0.05, 0.1) is 12.7 Å². The van der Waals surface area contributed by atoms with Gasteiger partial charge in [0.15, 0.2) is 0 Å². The minimum absolute atomic E-state index is 0.0959. The fourth-order valence-corrected chi connectivity index (χ4v) is 3.94. The highest BCUT2D eigenvalue weighted by Gasteiger charge is 2.37. The molecule has 0 aromatic carbocycles. The molecule has 172 valence electrons. The van der Waals surface area contributed by atoms with Crippen LogP contribution in [0.1, 0.15) is 66.7 Å². The van der Waals surface area contributed by atoms with Crippen LogP contribution in [-0.4, -0.2) is 44.2 Å². The van der Waals surface area contributed by atoms with Crippen LogP contribution in [-0.2, 0) is 23.7 Å². The summed E-state index contributed by atoms with van der Waals surface area (Å²) in [5, 5.41) is 0. The van der Waals surface area contributed by atoms with Gasteiger partial charge in [-0.25, -0.2) is 9.59 Å².